The molecule has 0 spiro atoms. The summed E-state index contributed by atoms with van der Waals surface area (Å²) in [6.45, 7) is 11.6. The maximum absolute atomic E-state index is 12.1. The van der Waals surface area contributed by atoms with Gasteiger partial charge in [0.15, 0.2) is 5.78 Å². The van der Waals surface area contributed by atoms with Crippen molar-refractivity contribution in [3.8, 4) is 0 Å². The van der Waals surface area contributed by atoms with Crippen molar-refractivity contribution in [2.45, 2.75) is 46.6 Å². The number of carbonyl (C=O) groups excluding carboxylic acids is 1. The van der Waals surface area contributed by atoms with Crippen molar-refractivity contribution in [3.63, 3.8) is 0 Å². The average molecular weight is 304 g/mol. The summed E-state index contributed by atoms with van der Waals surface area (Å²) in [5.74, 6) is 0.284. The predicted octanol–water partition coefficient (Wildman–Crippen LogP) is 3.83. The van der Waals surface area contributed by atoms with E-state index in [0.29, 0.717) is 6.42 Å². The summed E-state index contributed by atoms with van der Waals surface area (Å²) in [6.07, 6.45) is 2.74. The summed E-state index contributed by atoms with van der Waals surface area (Å²) in [5.41, 5.74) is 2.14. The van der Waals surface area contributed by atoms with Crippen LogP contribution in [0, 0.1) is 0 Å². The van der Waals surface area contributed by atoms with Crippen LogP contribution in [0.15, 0.2) is 24.3 Å². The van der Waals surface area contributed by atoms with E-state index in [4.69, 9.17) is 0 Å². The van der Waals surface area contributed by atoms with Crippen LogP contribution >= 0.6 is 0 Å². The van der Waals surface area contributed by atoms with Crippen LogP contribution in [0.25, 0.3) is 0 Å². The van der Waals surface area contributed by atoms with Crippen molar-refractivity contribution in [3.05, 3.63) is 35.4 Å². The van der Waals surface area contributed by atoms with Crippen molar-refractivity contribution >= 4 is 5.78 Å². The van der Waals surface area contributed by atoms with Gasteiger partial charge in [-0.2, -0.15) is 0 Å². The number of benzene rings is 1. The lowest BCUT2D eigenvalue weighted by Crippen LogP contribution is -2.43. The Morgan fingerprint density at radius 2 is 1.82 bits per heavy atom. The van der Waals surface area contributed by atoms with E-state index in [1.807, 2.05) is 26.0 Å². The molecule has 1 aliphatic rings. The molecule has 22 heavy (non-hydrogen) atoms. The molecular formula is C19H32N2O. The molecule has 0 aliphatic carbocycles. The Kier molecular flexibility index (Phi) is 9.02. The van der Waals surface area contributed by atoms with E-state index in [2.05, 4.69) is 35.9 Å². The Hall–Kier alpha value is -1.19. The summed E-state index contributed by atoms with van der Waals surface area (Å²) < 4.78 is 0. The van der Waals surface area contributed by atoms with Crippen molar-refractivity contribution in [2.75, 3.05) is 33.2 Å². The van der Waals surface area contributed by atoms with Gasteiger partial charge in [-0.25, -0.2) is 0 Å². The topological polar surface area (TPSA) is 23.6 Å². The van der Waals surface area contributed by atoms with Crippen molar-refractivity contribution in [2.24, 2.45) is 0 Å². The zero-order valence-corrected chi connectivity index (χ0v) is 14.8. The molecular weight excluding hydrogens is 272 g/mol. The molecule has 0 N–H and O–H groups in total. The van der Waals surface area contributed by atoms with Crippen molar-refractivity contribution in [1.82, 2.24) is 9.80 Å². The fourth-order valence-corrected chi connectivity index (χ4v) is 2.59. The SMILES string of the molecule is CC.CCCCC(=O)c1cccc(CN2CCN(C)CC2)c1. The van der Waals surface area contributed by atoms with Crippen LogP contribution in [0.1, 0.15) is 56.0 Å². The van der Waals surface area contributed by atoms with E-state index in [1.54, 1.807) is 0 Å². The Morgan fingerprint density at radius 1 is 1.14 bits per heavy atom. The third-order valence-corrected chi connectivity index (χ3v) is 4.01. The highest BCUT2D eigenvalue weighted by molar-refractivity contribution is 5.96. The average Bonchev–Trinajstić information content (AvgIpc) is 2.57. The minimum Gasteiger partial charge on any atom is -0.304 e. The molecule has 3 heteroatoms. The molecule has 0 unspecified atom stereocenters. The predicted molar refractivity (Wildman–Crippen MR) is 94.4 cm³/mol. The molecule has 0 radical (unpaired) electrons. The molecule has 1 saturated heterocycles. The van der Waals surface area contributed by atoms with E-state index in [1.165, 1.54) is 5.56 Å². The Labute approximate surface area is 136 Å². The van der Waals surface area contributed by atoms with Gasteiger partial charge in [-0.05, 0) is 25.1 Å². The smallest absolute Gasteiger partial charge is 0.162 e. The van der Waals surface area contributed by atoms with E-state index in [9.17, 15) is 4.79 Å². The van der Waals surface area contributed by atoms with Gasteiger partial charge in [-0.1, -0.05) is 45.4 Å². The number of unbranched alkanes of at least 4 members (excludes halogenated alkanes) is 1. The minimum atomic E-state index is 0.284. The fraction of sp³-hybridized carbons (Fsp3) is 0.632. The number of piperazine rings is 1. The number of carbonyl (C=O) groups is 1. The Morgan fingerprint density at radius 3 is 2.45 bits per heavy atom. The normalized spacial score (nSPS) is 16.0. The molecule has 1 aromatic rings. The Balaban J connectivity index is 0.00000116. The van der Waals surface area contributed by atoms with Crippen LogP contribution in [0.5, 0.6) is 0 Å². The molecule has 1 aliphatic heterocycles. The number of rotatable bonds is 6. The standard InChI is InChI=1S/C17H26N2O.C2H6/c1-3-4-8-17(20)16-7-5-6-15(13-16)14-19-11-9-18(2)10-12-19;1-2/h5-7,13H,3-4,8-12,14H2,1-2H3;1-2H3. The van der Waals surface area contributed by atoms with Gasteiger partial charge < -0.3 is 4.90 Å². The largest absolute Gasteiger partial charge is 0.304 e. The lowest BCUT2D eigenvalue weighted by Gasteiger charge is -2.32. The van der Waals surface area contributed by atoms with E-state index in [0.717, 1.165) is 51.1 Å². The quantitative estimate of drug-likeness (QED) is 0.746. The molecule has 0 saturated carbocycles. The van der Waals surface area contributed by atoms with Gasteiger partial charge in [-0.3, -0.25) is 9.69 Å². The van der Waals surface area contributed by atoms with Crippen molar-refractivity contribution in [1.29, 1.82) is 0 Å². The first-order chi connectivity index (χ1) is 10.7. The summed E-state index contributed by atoms with van der Waals surface area (Å²) in [7, 11) is 2.17. The van der Waals surface area contributed by atoms with E-state index >= 15 is 0 Å². The number of hydrogen-bond acceptors (Lipinski definition) is 3. The van der Waals surface area contributed by atoms with Crippen molar-refractivity contribution < 1.29 is 4.79 Å². The molecule has 0 amide bonds. The molecule has 0 atom stereocenters. The van der Waals surface area contributed by atoms with Crippen LogP contribution in [-0.2, 0) is 6.54 Å². The maximum Gasteiger partial charge on any atom is 0.162 e. The number of likely N-dealkylation sites (N-methyl/N-ethyl adjacent to an activating group) is 1. The van der Waals surface area contributed by atoms with Gasteiger partial charge in [0.05, 0.1) is 0 Å². The molecule has 124 valence electrons. The van der Waals surface area contributed by atoms with Crippen LogP contribution in [0.2, 0.25) is 0 Å². The molecule has 0 aromatic heterocycles. The van der Waals surface area contributed by atoms with Gasteiger partial charge >= 0.3 is 0 Å². The van der Waals surface area contributed by atoms with Crippen LogP contribution in [-0.4, -0.2) is 48.8 Å². The van der Waals surface area contributed by atoms with Gasteiger partial charge in [0.25, 0.3) is 0 Å². The first kappa shape index (κ1) is 18.9. The first-order valence-corrected chi connectivity index (χ1v) is 8.72. The summed E-state index contributed by atoms with van der Waals surface area (Å²) in [4.78, 5) is 16.9. The summed E-state index contributed by atoms with van der Waals surface area (Å²) >= 11 is 0. The second kappa shape index (κ2) is 10.5. The monoisotopic (exact) mass is 304 g/mol. The highest BCUT2D eigenvalue weighted by Crippen LogP contribution is 2.13. The molecule has 0 bridgehead atoms. The van der Waals surface area contributed by atoms with Crippen LogP contribution < -0.4 is 0 Å². The zero-order valence-electron chi connectivity index (χ0n) is 14.8. The molecule has 1 aromatic carbocycles. The van der Waals surface area contributed by atoms with Gasteiger partial charge in [0.2, 0.25) is 0 Å². The summed E-state index contributed by atoms with van der Waals surface area (Å²) in [6, 6.07) is 8.18. The zero-order chi connectivity index (χ0) is 16.4. The van der Waals surface area contributed by atoms with E-state index in [-0.39, 0.29) is 5.78 Å². The highest BCUT2D eigenvalue weighted by Gasteiger charge is 2.14. The maximum atomic E-state index is 12.1. The van der Waals surface area contributed by atoms with Gasteiger partial charge in [-0.15, -0.1) is 0 Å². The molecule has 2 rings (SSSR count). The Bertz CT molecular complexity index is 437. The molecule has 1 heterocycles. The lowest BCUT2D eigenvalue weighted by molar-refractivity contribution is 0.0979. The third kappa shape index (κ3) is 6.29. The third-order valence-electron chi connectivity index (χ3n) is 4.01. The van der Waals surface area contributed by atoms with Gasteiger partial charge in [0.1, 0.15) is 0 Å². The fourth-order valence-electron chi connectivity index (χ4n) is 2.59. The second-order valence-electron chi connectivity index (χ2n) is 5.81. The minimum absolute atomic E-state index is 0.284. The second-order valence-corrected chi connectivity index (χ2v) is 5.81. The number of hydrogen-bond donors (Lipinski definition) is 0. The lowest BCUT2D eigenvalue weighted by atomic mass is 10.0. The van der Waals surface area contributed by atoms with E-state index < -0.39 is 0 Å². The molecule has 1 fully saturated rings. The first-order valence-electron chi connectivity index (χ1n) is 8.72. The number of Topliss-reactive ketones (excluding diaryl/α,β-unsaturated/α-hetero) is 1. The number of ketones is 1. The number of nitrogens with zero attached hydrogens (tertiary/aromatic N) is 2. The van der Waals surface area contributed by atoms with Crippen LogP contribution in [0.3, 0.4) is 0 Å². The molecule has 3 nitrogen and oxygen atoms in total. The van der Waals surface area contributed by atoms with Crippen LogP contribution in [0.4, 0.5) is 0 Å². The summed E-state index contributed by atoms with van der Waals surface area (Å²) in [5, 5.41) is 0. The highest BCUT2D eigenvalue weighted by atomic mass is 16.1. The van der Waals surface area contributed by atoms with Gasteiger partial charge in [0, 0.05) is 44.7 Å².